The maximum atomic E-state index is 12.8. The fourth-order valence-corrected chi connectivity index (χ4v) is 3.06. The summed E-state index contributed by atoms with van der Waals surface area (Å²) in [5, 5.41) is 0. The Morgan fingerprint density at radius 3 is 2.45 bits per heavy atom. The highest BCUT2D eigenvalue weighted by Crippen LogP contribution is 2.39. The Kier molecular flexibility index (Phi) is 7.38. The van der Waals surface area contributed by atoms with Gasteiger partial charge in [-0.05, 0) is 24.6 Å². The number of carbonyl (C=O) groups excluding carboxylic acids is 2. The number of urea groups is 1. The van der Waals surface area contributed by atoms with Crippen LogP contribution in [0.2, 0.25) is 0 Å². The van der Waals surface area contributed by atoms with Crippen LogP contribution in [0, 0.1) is 0 Å². The minimum atomic E-state index is -3.06. The molecule has 0 radical (unpaired) electrons. The molecule has 0 saturated heterocycles. The van der Waals surface area contributed by atoms with Crippen LogP contribution in [0.3, 0.4) is 0 Å². The summed E-state index contributed by atoms with van der Waals surface area (Å²) in [5.74, 6) is -0.742. The van der Waals surface area contributed by atoms with Crippen molar-refractivity contribution in [2.24, 2.45) is 0 Å². The first-order chi connectivity index (χ1) is 13.7. The maximum absolute atomic E-state index is 12.8. The minimum absolute atomic E-state index is 0.0303. The largest absolute Gasteiger partial charge is 0.493 e. The van der Waals surface area contributed by atoms with Crippen molar-refractivity contribution in [3.63, 3.8) is 0 Å². The predicted molar refractivity (Wildman–Crippen MR) is 98.8 cm³/mol. The molecule has 1 aromatic rings. The molecule has 0 unspecified atom stereocenters. The van der Waals surface area contributed by atoms with E-state index in [1.165, 1.54) is 50.2 Å². The van der Waals surface area contributed by atoms with E-state index in [-0.39, 0.29) is 36.3 Å². The smallest absolute Gasteiger partial charge is 0.387 e. The number of benzene rings is 1. The molecule has 29 heavy (non-hydrogen) atoms. The fourth-order valence-electron chi connectivity index (χ4n) is 3.06. The lowest BCUT2D eigenvalue weighted by Crippen LogP contribution is -2.47. The van der Waals surface area contributed by atoms with E-state index in [1.807, 2.05) is 0 Å². The third kappa shape index (κ3) is 4.76. The second-order valence-corrected chi connectivity index (χ2v) is 6.27. The van der Waals surface area contributed by atoms with Crippen LogP contribution >= 0.6 is 0 Å². The first-order valence-corrected chi connectivity index (χ1v) is 8.73. The number of rotatable bonds is 8. The molecule has 2 rings (SSSR count). The van der Waals surface area contributed by atoms with Crippen molar-refractivity contribution in [3.8, 4) is 11.5 Å². The normalized spacial score (nSPS) is 17.1. The molecule has 10 heteroatoms. The van der Waals surface area contributed by atoms with Gasteiger partial charge in [0.2, 0.25) is 0 Å². The molecule has 2 amide bonds. The van der Waals surface area contributed by atoms with Crippen molar-refractivity contribution in [1.82, 2.24) is 9.80 Å². The molecule has 0 fully saturated rings. The average Bonchev–Trinajstić information content (AvgIpc) is 2.68. The molecule has 0 saturated carbocycles. The number of carbonyl (C=O) groups is 2. The van der Waals surface area contributed by atoms with Crippen molar-refractivity contribution in [2.75, 3.05) is 41.5 Å². The molecule has 0 N–H and O–H groups in total. The number of esters is 1. The summed E-state index contributed by atoms with van der Waals surface area (Å²) in [6, 6.07) is 3.10. The van der Waals surface area contributed by atoms with E-state index in [9.17, 15) is 18.4 Å². The second kappa shape index (κ2) is 9.55. The summed E-state index contributed by atoms with van der Waals surface area (Å²) < 4.78 is 45.3. The van der Waals surface area contributed by atoms with Crippen molar-refractivity contribution in [1.29, 1.82) is 0 Å². The summed E-state index contributed by atoms with van der Waals surface area (Å²) in [5.41, 5.74) is 0.995. The van der Waals surface area contributed by atoms with Crippen LogP contribution in [0.15, 0.2) is 29.5 Å². The van der Waals surface area contributed by atoms with Gasteiger partial charge < -0.3 is 28.7 Å². The van der Waals surface area contributed by atoms with Crippen molar-refractivity contribution < 1.29 is 37.3 Å². The monoisotopic (exact) mass is 414 g/mol. The molecule has 0 bridgehead atoms. The van der Waals surface area contributed by atoms with E-state index >= 15 is 0 Å². The highest BCUT2D eigenvalue weighted by Gasteiger charge is 2.39. The lowest BCUT2D eigenvalue weighted by atomic mass is 9.93. The van der Waals surface area contributed by atoms with Crippen LogP contribution in [0.25, 0.3) is 0 Å². The Bertz CT molecular complexity index is 799. The van der Waals surface area contributed by atoms with Crippen molar-refractivity contribution in [3.05, 3.63) is 35.0 Å². The number of halogens is 2. The van der Waals surface area contributed by atoms with Gasteiger partial charge in [0.25, 0.3) is 0 Å². The standard InChI is InChI=1S/C19H24F2N2O6/c1-11-15(17(24)28-9-8-26-4)16(23(3)19(25)22(11)2)12-6-7-13(27-5)14(10-12)29-18(20)21/h6-7,10,16,18H,8-9H2,1-5H3/t16-/m0/s1. The predicted octanol–water partition coefficient (Wildman–Crippen LogP) is 2.80. The third-order valence-electron chi connectivity index (χ3n) is 4.60. The van der Waals surface area contributed by atoms with Gasteiger partial charge in [-0.25, -0.2) is 9.59 Å². The average molecular weight is 414 g/mol. The lowest BCUT2D eigenvalue weighted by molar-refractivity contribution is -0.141. The van der Waals surface area contributed by atoms with E-state index in [0.29, 0.717) is 11.3 Å². The number of hydrogen-bond donors (Lipinski definition) is 0. The Hall–Kier alpha value is -2.88. The number of nitrogens with zero attached hydrogens (tertiary/aromatic N) is 2. The molecule has 0 aromatic heterocycles. The number of alkyl halides is 2. The highest BCUT2D eigenvalue weighted by molar-refractivity contribution is 5.95. The Labute approximate surface area is 167 Å². The summed E-state index contributed by atoms with van der Waals surface area (Å²) in [7, 11) is 5.84. The number of ether oxygens (including phenoxy) is 4. The molecule has 160 valence electrons. The van der Waals surface area contributed by atoms with Gasteiger partial charge in [-0.15, -0.1) is 0 Å². The first kappa shape index (κ1) is 22.4. The molecule has 1 atom stereocenters. The molecule has 0 spiro atoms. The Morgan fingerprint density at radius 1 is 1.17 bits per heavy atom. The zero-order valence-electron chi connectivity index (χ0n) is 16.9. The number of likely N-dealkylation sites (N-methyl/N-ethyl adjacent to an activating group) is 1. The van der Waals surface area contributed by atoms with E-state index < -0.39 is 18.6 Å². The molecule has 8 nitrogen and oxygen atoms in total. The number of methoxy groups -OCH3 is 2. The second-order valence-electron chi connectivity index (χ2n) is 6.27. The van der Waals surface area contributed by atoms with Gasteiger partial charge in [0, 0.05) is 26.9 Å². The van der Waals surface area contributed by atoms with Crippen LogP contribution in [0.5, 0.6) is 11.5 Å². The van der Waals surface area contributed by atoms with Crippen LogP contribution in [-0.2, 0) is 14.3 Å². The van der Waals surface area contributed by atoms with Gasteiger partial charge in [-0.3, -0.25) is 0 Å². The number of hydrogen-bond acceptors (Lipinski definition) is 6. The molecule has 1 aliphatic heterocycles. The van der Waals surface area contributed by atoms with E-state index in [1.54, 1.807) is 13.0 Å². The minimum Gasteiger partial charge on any atom is -0.493 e. The van der Waals surface area contributed by atoms with Crippen LogP contribution in [0.1, 0.15) is 18.5 Å². The number of amides is 2. The quantitative estimate of drug-likeness (QED) is 0.481. The summed E-state index contributed by atoms with van der Waals surface area (Å²) >= 11 is 0. The van der Waals surface area contributed by atoms with Gasteiger partial charge in [0.05, 0.1) is 25.3 Å². The molecule has 1 heterocycles. The fraction of sp³-hybridized carbons (Fsp3) is 0.474. The zero-order valence-corrected chi connectivity index (χ0v) is 16.9. The van der Waals surface area contributed by atoms with Crippen molar-refractivity contribution >= 4 is 12.0 Å². The van der Waals surface area contributed by atoms with E-state index in [0.717, 1.165) is 0 Å². The molecule has 0 aliphatic carbocycles. The van der Waals surface area contributed by atoms with E-state index in [4.69, 9.17) is 14.2 Å². The molecule has 1 aromatic carbocycles. The summed E-state index contributed by atoms with van der Waals surface area (Å²) in [4.78, 5) is 28.0. The Morgan fingerprint density at radius 2 is 1.86 bits per heavy atom. The van der Waals surface area contributed by atoms with Crippen LogP contribution < -0.4 is 9.47 Å². The maximum Gasteiger partial charge on any atom is 0.387 e. The lowest BCUT2D eigenvalue weighted by Gasteiger charge is -2.39. The first-order valence-electron chi connectivity index (χ1n) is 8.73. The van der Waals surface area contributed by atoms with Crippen LogP contribution in [0.4, 0.5) is 13.6 Å². The zero-order chi connectivity index (χ0) is 21.7. The number of allylic oxidation sites excluding steroid dienone is 1. The summed E-state index contributed by atoms with van der Waals surface area (Å²) in [6.45, 7) is -1.21. The summed E-state index contributed by atoms with van der Waals surface area (Å²) in [6.07, 6.45) is 0. The highest BCUT2D eigenvalue weighted by atomic mass is 19.3. The van der Waals surface area contributed by atoms with Gasteiger partial charge in [0.1, 0.15) is 6.61 Å². The Balaban J connectivity index is 2.53. The van der Waals surface area contributed by atoms with Crippen LogP contribution in [-0.4, -0.2) is 69.9 Å². The SMILES string of the molecule is COCCOC(=O)C1=C(C)N(C)C(=O)N(C)[C@H]1c1ccc(OC)c(OC(F)F)c1. The molecule has 1 aliphatic rings. The van der Waals surface area contributed by atoms with Gasteiger partial charge in [0.15, 0.2) is 11.5 Å². The van der Waals surface area contributed by atoms with E-state index in [2.05, 4.69) is 4.74 Å². The molecular weight excluding hydrogens is 390 g/mol. The molecular formula is C19H24F2N2O6. The third-order valence-corrected chi connectivity index (χ3v) is 4.60. The van der Waals surface area contributed by atoms with Gasteiger partial charge in [-0.2, -0.15) is 8.78 Å². The van der Waals surface area contributed by atoms with Gasteiger partial charge >= 0.3 is 18.6 Å². The topological polar surface area (TPSA) is 77.5 Å². The van der Waals surface area contributed by atoms with Gasteiger partial charge in [-0.1, -0.05) is 6.07 Å². The van der Waals surface area contributed by atoms with Crippen molar-refractivity contribution in [2.45, 2.75) is 19.6 Å².